The van der Waals surface area contributed by atoms with Crippen molar-refractivity contribution in [1.82, 2.24) is 10.1 Å². The van der Waals surface area contributed by atoms with Gasteiger partial charge in [0, 0.05) is 11.0 Å². The maximum absolute atomic E-state index is 5.75. The minimum Gasteiger partial charge on any atom is -0.367 e. The Morgan fingerprint density at radius 1 is 1.47 bits per heavy atom. The molecule has 1 aliphatic heterocycles. The van der Waals surface area contributed by atoms with Crippen LogP contribution in [0.15, 0.2) is 33.4 Å². The lowest BCUT2D eigenvalue weighted by molar-refractivity contribution is 0.411. The number of nitrogen functional groups attached to an aromatic ring is 1. The van der Waals surface area contributed by atoms with Gasteiger partial charge in [0.1, 0.15) is 0 Å². The first kappa shape index (κ1) is 12.7. The quantitative estimate of drug-likeness (QED) is 0.923. The third-order valence-corrected chi connectivity index (χ3v) is 4.43. The van der Waals surface area contributed by atoms with Crippen LogP contribution in [0.2, 0.25) is 0 Å². The topological polar surface area (TPSA) is 55.3 Å². The molecule has 1 aromatic carbocycles. The summed E-state index contributed by atoms with van der Waals surface area (Å²) in [5.41, 5.74) is 8.99. The number of hydrogen-bond donors (Lipinski definition) is 1. The van der Waals surface area contributed by atoms with Crippen LogP contribution < -0.4 is 5.73 Å². The molecule has 1 aromatic heterocycles. The second-order valence-electron chi connectivity index (χ2n) is 5.09. The van der Waals surface area contributed by atoms with Crippen LogP contribution in [0.1, 0.15) is 17.9 Å². The van der Waals surface area contributed by atoms with Crippen LogP contribution in [-0.2, 0) is 0 Å². The molecule has 0 saturated carbocycles. The molecule has 4 nitrogen and oxygen atoms in total. The molecule has 100 valence electrons. The minimum atomic E-state index is 0.361. The summed E-state index contributed by atoms with van der Waals surface area (Å²) in [6, 6.07) is 6.35. The lowest BCUT2D eigenvalue weighted by Crippen LogP contribution is -2.13. The van der Waals surface area contributed by atoms with E-state index in [1.807, 2.05) is 0 Å². The van der Waals surface area contributed by atoms with Gasteiger partial charge in [-0.25, -0.2) is 0 Å². The van der Waals surface area contributed by atoms with Gasteiger partial charge >= 0.3 is 0 Å². The summed E-state index contributed by atoms with van der Waals surface area (Å²) in [4.78, 5) is 2.36. The minimum absolute atomic E-state index is 0.361. The Morgan fingerprint density at radius 3 is 2.89 bits per heavy atom. The van der Waals surface area contributed by atoms with E-state index in [4.69, 9.17) is 10.3 Å². The fraction of sp³-hybridized carbons (Fsp3) is 0.357. The number of aromatic nitrogens is 1. The molecule has 19 heavy (non-hydrogen) atoms. The van der Waals surface area contributed by atoms with Crippen molar-refractivity contribution in [2.75, 3.05) is 25.9 Å². The van der Waals surface area contributed by atoms with Crippen LogP contribution in [0.5, 0.6) is 0 Å². The molecule has 0 aliphatic carbocycles. The van der Waals surface area contributed by atoms with Gasteiger partial charge in [-0.3, -0.25) is 0 Å². The molecular formula is C14H16BrN3O. The second-order valence-corrected chi connectivity index (χ2v) is 5.94. The first-order valence-corrected chi connectivity index (χ1v) is 7.13. The van der Waals surface area contributed by atoms with Crippen molar-refractivity contribution in [1.29, 1.82) is 0 Å². The highest BCUT2D eigenvalue weighted by Crippen LogP contribution is 2.35. The Kier molecular flexibility index (Phi) is 3.33. The van der Waals surface area contributed by atoms with Crippen LogP contribution in [0.3, 0.4) is 0 Å². The number of rotatable bonds is 2. The van der Waals surface area contributed by atoms with Crippen LogP contribution in [0.25, 0.3) is 11.1 Å². The summed E-state index contributed by atoms with van der Waals surface area (Å²) in [6.07, 6.45) is 2.87. The highest BCUT2D eigenvalue weighted by atomic mass is 79.9. The predicted molar refractivity (Wildman–Crippen MR) is 78.9 cm³/mol. The largest absolute Gasteiger partial charge is 0.367 e. The van der Waals surface area contributed by atoms with E-state index in [-0.39, 0.29) is 0 Å². The summed E-state index contributed by atoms with van der Waals surface area (Å²) < 4.78 is 6.04. The molecule has 1 aliphatic rings. The lowest BCUT2D eigenvalue weighted by atomic mass is 9.96. The number of anilines is 1. The number of nitrogens with zero attached hydrogens (tertiary/aromatic N) is 2. The molecule has 0 radical (unpaired) electrons. The number of halogens is 1. The van der Waals surface area contributed by atoms with E-state index < -0.39 is 0 Å². The fourth-order valence-electron chi connectivity index (χ4n) is 2.68. The van der Waals surface area contributed by atoms with E-state index in [1.54, 1.807) is 6.20 Å². The zero-order valence-corrected chi connectivity index (χ0v) is 12.4. The summed E-state index contributed by atoms with van der Waals surface area (Å²) >= 11 is 3.68. The molecule has 3 rings (SSSR count). The standard InChI is InChI=1S/C14H16BrN3O/c1-18-5-4-10(8-18)11-3-2-9(6-13(11)15)12-7-17-19-14(12)16/h2-3,6-7,10H,4-5,8,16H2,1H3. The van der Waals surface area contributed by atoms with Crippen molar-refractivity contribution >= 4 is 21.8 Å². The average Bonchev–Trinajstić information content (AvgIpc) is 2.98. The van der Waals surface area contributed by atoms with Crippen LogP contribution >= 0.6 is 15.9 Å². The third-order valence-electron chi connectivity index (χ3n) is 3.74. The molecule has 5 heteroatoms. The lowest BCUT2D eigenvalue weighted by Gasteiger charge is -2.13. The van der Waals surface area contributed by atoms with E-state index >= 15 is 0 Å². The van der Waals surface area contributed by atoms with Gasteiger partial charge in [0.2, 0.25) is 5.88 Å². The molecule has 2 heterocycles. The highest BCUT2D eigenvalue weighted by molar-refractivity contribution is 9.10. The Bertz CT molecular complexity index is 596. The van der Waals surface area contributed by atoms with Crippen LogP contribution in [-0.4, -0.2) is 30.2 Å². The van der Waals surface area contributed by atoms with E-state index in [0.717, 1.165) is 28.7 Å². The maximum atomic E-state index is 5.75. The monoisotopic (exact) mass is 321 g/mol. The highest BCUT2D eigenvalue weighted by Gasteiger charge is 2.23. The van der Waals surface area contributed by atoms with Crippen molar-refractivity contribution < 1.29 is 4.52 Å². The summed E-state index contributed by atoms with van der Waals surface area (Å²) in [6.45, 7) is 2.28. The summed E-state index contributed by atoms with van der Waals surface area (Å²) in [7, 11) is 2.17. The van der Waals surface area contributed by atoms with Gasteiger partial charge in [0.25, 0.3) is 0 Å². The second kappa shape index (κ2) is 4.98. The first-order valence-electron chi connectivity index (χ1n) is 6.33. The van der Waals surface area contributed by atoms with Gasteiger partial charge in [-0.1, -0.05) is 33.2 Å². The Morgan fingerprint density at radius 2 is 2.32 bits per heavy atom. The molecule has 1 unspecified atom stereocenters. The molecule has 1 fully saturated rings. The zero-order chi connectivity index (χ0) is 13.4. The van der Waals surface area contributed by atoms with Crippen molar-refractivity contribution in [3.63, 3.8) is 0 Å². The van der Waals surface area contributed by atoms with Gasteiger partial charge in [-0.05, 0) is 43.1 Å². The molecule has 0 amide bonds. The van der Waals surface area contributed by atoms with E-state index in [9.17, 15) is 0 Å². The normalized spacial score (nSPS) is 20.0. The van der Waals surface area contributed by atoms with Crippen molar-refractivity contribution in [3.8, 4) is 11.1 Å². The van der Waals surface area contributed by atoms with Gasteiger partial charge in [0.15, 0.2) is 0 Å². The van der Waals surface area contributed by atoms with E-state index in [1.165, 1.54) is 12.0 Å². The molecular weight excluding hydrogens is 306 g/mol. The van der Waals surface area contributed by atoms with Crippen LogP contribution in [0, 0.1) is 0 Å². The van der Waals surface area contributed by atoms with Gasteiger partial charge in [-0.2, -0.15) is 0 Å². The van der Waals surface area contributed by atoms with Crippen molar-refractivity contribution in [3.05, 3.63) is 34.4 Å². The molecule has 0 bridgehead atoms. The zero-order valence-electron chi connectivity index (χ0n) is 10.8. The third kappa shape index (κ3) is 2.40. The van der Waals surface area contributed by atoms with Gasteiger partial charge in [0.05, 0.1) is 11.8 Å². The Hall–Kier alpha value is -1.33. The Labute approximate surface area is 120 Å². The Balaban J connectivity index is 1.92. The van der Waals surface area contributed by atoms with E-state index in [0.29, 0.717) is 11.8 Å². The van der Waals surface area contributed by atoms with Gasteiger partial charge < -0.3 is 15.2 Å². The average molecular weight is 322 g/mol. The van der Waals surface area contributed by atoms with Gasteiger partial charge in [-0.15, -0.1) is 0 Å². The molecule has 1 atom stereocenters. The SMILES string of the molecule is CN1CCC(c2ccc(-c3cnoc3N)cc2Br)C1. The molecule has 2 N–H and O–H groups in total. The molecule has 1 saturated heterocycles. The number of hydrogen-bond acceptors (Lipinski definition) is 4. The summed E-state index contributed by atoms with van der Waals surface area (Å²) in [5.74, 6) is 0.966. The van der Waals surface area contributed by atoms with Crippen LogP contribution in [0.4, 0.5) is 5.88 Å². The fourth-order valence-corrected chi connectivity index (χ4v) is 3.38. The van der Waals surface area contributed by atoms with E-state index in [2.05, 4.69) is 51.2 Å². The number of nitrogens with two attached hydrogens (primary N) is 1. The first-order chi connectivity index (χ1) is 9.15. The smallest absolute Gasteiger partial charge is 0.229 e. The number of benzene rings is 1. The van der Waals surface area contributed by atoms with Crippen molar-refractivity contribution in [2.45, 2.75) is 12.3 Å². The predicted octanol–water partition coefficient (Wildman–Crippen LogP) is 3.11. The number of likely N-dealkylation sites (N-methyl/N-ethyl adjacent to an activating group) is 1. The maximum Gasteiger partial charge on any atom is 0.229 e. The number of likely N-dealkylation sites (tertiary alicyclic amines) is 1. The summed E-state index contributed by atoms with van der Waals surface area (Å²) in [5, 5.41) is 3.72. The van der Waals surface area contributed by atoms with Crippen molar-refractivity contribution in [2.24, 2.45) is 0 Å². The molecule has 0 spiro atoms. The molecule has 2 aromatic rings.